The van der Waals surface area contributed by atoms with Gasteiger partial charge in [0.25, 0.3) is 5.17 Å². The Morgan fingerprint density at radius 2 is 1.93 bits per heavy atom. The fourth-order valence-electron chi connectivity index (χ4n) is 2.50. The van der Waals surface area contributed by atoms with E-state index < -0.39 is 0 Å². The summed E-state index contributed by atoms with van der Waals surface area (Å²) in [6.07, 6.45) is 7.11. The van der Waals surface area contributed by atoms with Crippen molar-refractivity contribution in [1.82, 2.24) is 0 Å². The first-order chi connectivity index (χ1) is 6.54. The molecule has 0 aromatic heterocycles. The van der Waals surface area contributed by atoms with Crippen LogP contribution in [0.25, 0.3) is 0 Å². The molecular weight excluding hydrogens is 194 g/mol. The highest BCUT2D eigenvalue weighted by Gasteiger charge is 2.35. The summed E-state index contributed by atoms with van der Waals surface area (Å²) >= 11 is 4.86. The van der Waals surface area contributed by atoms with Gasteiger partial charge in [-0.3, -0.25) is 0 Å². The number of ether oxygens (including phenoxy) is 1. The number of nitrogens with two attached hydrogens (primary N) is 1. The SMILES string of the molecule is CC(C)CC1(OC(N)=S)CCCCC1. The standard InChI is InChI=1S/C11H21NOS/c1-9(2)8-11(13-10(12)14)6-4-3-5-7-11/h9H,3-8H2,1-2H3,(H2,12,14). The molecule has 1 saturated carbocycles. The summed E-state index contributed by atoms with van der Waals surface area (Å²) in [5.74, 6) is 0.641. The van der Waals surface area contributed by atoms with E-state index in [0.29, 0.717) is 5.92 Å². The molecule has 0 bridgehead atoms. The van der Waals surface area contributed by atoms with E-state index in [9.17, 15) is 0 Å². The molecule has 1 fully saturated rings. The molecule has 0 atom stereocenters. The van der Waals surface area contributed by atoms with E-state index in [1.807, 2.05) is 0 Å². The van der Waals surface area contributed by atoms with Gasteiger partial charge in [-0.2, -0.15) is 0 Å². The van der Waals surface area contributed by atoms with Gasteiger partial charge in [-0.1, -0.05) is 20.3 Å². The molecule has 3 heteroatoms. The second-order valence-electron chi connectivity index (χ2n) is 4.76. The molecule has 1 rings (SSSR count). The first-order valence-electron chi connectivity index (χ1n) is 5.52. The third-order valence-electron chi connectivity index (χ3n) is 2.86. The summed E-state index contributed by atoms with van der Waals surface area (Å²) in [5.41, 5.74) is 5.45. The second kappa shape index (κ2) is 4.96. The van der Waals surface area contributed by atoms with E-state index in [1.54, 1.807) is 0 Å². The van der Waals surface area contributed by atoms with Crippen molar-refractivity contribution in [3.05, 3.63) is 0 Å². The number of hydrogen-bond acceptors (Lipinski definition) is 2. The molecule has 0 unspecified atom stereocenters. The summed E-state index contributed by atoms with van der Waals surface area (Å²) in [6, 6.07) is 0. The summed E-state index contributed by atoms with van der Waals surface area (Å²) in [5, 5.41) is 0.215. The Morgan fingerprint density at radius 1 is 1.36 bits per heavy atom. The largest absolute Gasteiger partial charge is 0.465 e. The normalized spacial score (nSPS) is 20.8. The van der Waals surface area contributed by atoms with Crippen LogP contribution in [0.4, 0.5) is 0 Å². The molecule has 1 aliphatic carbocycles. The van der Waals surface area contributed by atoms with Crippen molar-refractivity contribution < 1.29 is 4.74 Å². The van der Waals surface area contributed by atoms with Crippen molar-refractivity contribution in [2.75, 3.05) is 0 Å². The fraction of sp³-hybridized carbons (Fsp3) is 0.909. The van der Waals surface area contributed by atoms with Crippen LogP contribution in [0.1, 0.15) is 52.4 Å². The van der Waals surface area contributed by atoms with Gasteiger partial charge in [-0.05, 0) is 50.2 Å². The molecule has 0 radical (unpaired) electrons. The van der Waals surface area contributed by atoms with E-state index in [-0.39, 0.29) is 10.8 Å². The van der Waals surface area contributed by atoms with Crippen LogP contribution < -0.4 is 5.73 Å². The molecule has 2 nitrogen and oxygen atoms in total. The minimum Gasteiger partial charge on any atom is -0.465 e. The highest BCUT2D eigenvalue weighted by molar-refractivity contribution is 7.80. The lowest BCUT2D eigenvalue weighted by molar-refractivity contribution is 0.00127. The molecule has 1 aliphatic rings. The Kier molecular flexibility index (Phi) is 4.17. The van der Waals surface area contributed by atoms with Gasteiger partial charge in [0.15, 0.2) is 0 Å². The van der Waals surface area contributed by atoms with Crippen LogP contribution in [0.2, 0.25) is 0 Å². The van der Waals surface area contributed by atoms with E-state index in [2.05, 4.69) is 13.8 Å². The average molecular weight is 215 g/mol. The lowest BCUT2D eigenvalue weighted by Crippen LogP contribution is -2.40. The monoisotopic (exact) mass is 215 g/mol. The molecule has 2 N–H and O–H groups in total. The van der Waals surface area contributed by atoms with Crippen LogP contribution in [0.3, 0.4) is 0 Å². The van der Waals surface area contributed by atoms with Crippen molar-refractivity contribution in [1.29, 1.82) is 0 Å². The van der Waals surface area contributed by atoms with Crippen LogP contribution in [0, 0.1) is 5.92 Å². The maximum atomic E-state index is 5.70. The fourth-order valence-corrected chi connectivity index (χ4v) is 2.68. The van der Waals surface area contributed by atoms with E-state index in [1.165, 1.54) is 19.3 Å². The molecule has 0 aliphatic heterocycles. The van der Waals surface area contributed by atoms with Gasteiger partial charge in [-0.25, -0.2) is 0 Å². The summed E-state index contributed by atoms with van der Waals surface area (Å²) in [6.45, 7) is 4.44. The molecule has 14 heavy (non-hydrogen) atoms. The topological polar surface area (TPSA) is 35.2 Å². The molecule has 0 aromatic carbocycles. The highest BCUT2D eigenvalue weighted by Crippen LogP contribution is 2.36. The maximum absolute atomic E-state index is 5.70. The van der Waals surface area contributed by atoms with E-state index in [4.69, 9.17) is 22.7 Å². The van der Waals surface area contributed by atoms with Crippen LogP contribution in [0.15, 0.2) is 0 Å². The van der Waals surface area contributed by atoms with Crippen molar-refractivity contribution in [2.24, 2.45) is 11.7 Å². The molecular formula is C11H21NOS. The Bertz CT molecular complexity index is 197. The van der Waals surface area contributed by atoms with Gasteiger partial charge in [0.1, 0.15) is 5.60 Å². The Hall–Kier alpha value is -0.310. The minimum atomic E-state index is -0.0434. The van der Waals surface area contributed by atoms with Crippen molar-refractivity contribution in [2.45, 2.75) is 58.0 Å². The third-order valence-corrected chi connectivity index (χ3v) is 2.95. The van der Waals surface area contributed by atoms with Crippen molar-refractivity contribution >= 4 is 17.4 Å². The zero-order valence-electron chi connectivity index (χ0n) is 9.21. The Morgan fingerprint density at radius 3 is 2.36 bits per heavy atom. The molecule has 0 spiro atoms. The quantitative estimate of drug-likeness (QED) is 0.735. The van der Waals surface area contributed by atoms with Gasteiger partial charge in [0.2, 0.25) is 0 Å². The zero-order chi connectivity index (χ0) is 10.6. The molecule has 0 amide bonds. The Balaban J connectivity index is 2.61. The van der Waals surface area contributed by atoms with Crippen LogP contribution in [0.5, 0.6) is 0 Å². The summed E-state index contributed by atoms with van der Waals surface area (Å²) in [4.78, 5) is 0. The van der Waals surface area contributed by atoms with Crippen LogP contribution in [-0.4, -0.2) is 10.8 Å². The lowest BCUT2D eigenvalue weighted by Gasteiger charge is -2.38. The van der Waals surface area contributed by atoms with Gasteiger partial charge in [0, 0.05) is 0 Å². The molecule has 0 heterocycles. The van der Waals surface area contributed by atoms with Crippen LogP contribution >= 0.6 is 12.2 Å². The molecule has 0 aromatic rings. The minimum absolute atomic E-state index is 0.0434. The summed E-state index contributed by atoms with van der Waals surface area (Å²) < 4.78 is 5.70. The number of hydrogen-bond donors (Lipinski definition) is 1. The summed E-state index contributed by atoms with van der Waals surface area (Å²) in [7, 11) is 0. The average Bonchev–Trinajstić information content (AvgIpc) is 2.01. The highest BCUT2D eigenvalue weighted by atomic mass is 32.1. The number of rotatable bonds is 3. The lowest BCUT2D eigenvalue weighted by atomic mass is 9.79. The van der Waals surface area contributed by atoms with Gasteiger partial charge in [0.05, 0.1) is 0 Å². The van der Waals surface area contributed by atoms with E-state index >= 15 is 0 Å². The first-order valence-corrected chi connectivity index (χ1v) is 5.93. The van der Waals surface area contributed by atoms with Crippen LogP contribution in [-0.2, 0) is 4.74 Å². The predicted octanol–water partition coefficient (Wildman–Crippen LogP) is 3.00. The smallest absolute Gasteiger partial charge is 0.254 e. The maximum Gasteiger partial charge on any atom is 0.254 e. The van der Waals surface area contributed by atoms with Crippen molar-refractivity contribution in [3.63, 3.8) is 0 Å². The first kappa shape index (κ1) is 11.8. The molecule has 82 valence electrons. The van der Waals surface area contributed by atoms with Crippen molar-refractivity contribution in [3.8, 4) is 0 Å². The predicted molar refractivity (Wildman–Crippen MR) is 63.1 cm³/mol. The zero-order valence-corrected chi connectivity index (χ0v) is 10.0. The number of thiocarbonyl (C=S) groups is 1. The second-order valence-corrected chi connectivity index (χ2v) is 5.17. The van der Waals surface area contributed by atoms with Gasteiger partial charge >= 0.3 is 0 Å². The third kappa shape index (κ3) is 3.45. The van der Waals surface area contributed by atoms with E-state index in [0.717, 1.165) is 19.3 Å². The molecule has 0 saturated heterocycles. The van der Waals surface area contributed by atoms with Gasteiger partial charge < -0.3 is 10.5 Å². The van der Waals surface area contributed by atoms with Gasteiger partial charge in [-0.15, -0.1) is 0 Å². The Labute approximate surface area is 92.2 Å².